The van der Waals surface area contributed by atoms with Gasteiger partial charge in [0.1, 0.15) is 6.10 Å². The van der Waals surface area contributed by atoms with Crippen LogP contribution in [0.1, 0.15) is 89.2 Å². The van der Waals surface area contributed by atoms with Crippen molar-refractivity contribution >= 4 is 5.91 Å². The average Bonchev–Trinajstić information content (AvgIpc) is 3.06. The number of methoxy groups -OCH3 is 1. The zero-order chi connectivity index (χ0) is 26.3. The molecule has 5 aliphatic carbocycles. The highest BCUT2D eigenvalue weighted by atomic mass is 16.5. The van der Waals surface area contributed by atoms with Crippen LogP contribution in [0.5, 0.6) is 11.5 Å². The fraction of sp³-hybridized carbons (Fsp3) is 0.719. The number of carbonyl (C=O) groups is 1. The molecule has 1 amide bonds. The van der Waals surface area contributed by atoms with Crippen LogP contribution in [0, 0.1) is 16.7 Å². The molecular formula is C32H44N2O4. The summed E-state index contributed by atoms with van der Waals surface area (Å²) in [6, 6.07) is 4.06. The lowest BCUT2D eigenvalue weighted by Crippen LogP contribution is -2.64. The maximum atomic E-state index is 13.5. The zero-order valence-electron chi connectivity index (χ0n) is 23.4. The largest absolute Gasteiger partial charge is 0.493 e. The molecule has 8 rings (SSSR count). The van der Waals surface area contributed by atoms with Gasteiger partial charge in [0.2, 0.25) is 5.91 Å². The van der Waals surface area contributed by atoms with Crippen molar-refractivity contribution in [2.45, 2.75) is 108 Å². The van der Waals surface area contributed by atoms with E-state index in [2.05, 4.69) is 36.2 Å². The van der Waals surface area contributed by atoms with Gasteiger partial charge in [-0.25, -0.2) is 0 Å². The Kier molecular flexibility index (Phi) is 5.56. The first-order valence-electron chi connectivity index (χ1n) is 14.9. The van der Waals surface area contributed by atoms with Gasteiger partial charge in [0.15, 0.2) is 11.5 Å². The van der Waals surface area contributed by atoms with E-state index in [-0.39, 0.29) is 17.4 Å². The second-order valence-corrected chi connectivity index (χ2v) is 14.4. The summed E-state index contributed by atoms with van der Waals surface area (Å²) in [6.45, 7) is 7.28. The van der Waals surface area contributed by atoms with Crippen LogP contribution in [0.2, 0.25) is 0 Å². The van der Waals surface area contributed by atoms with Gasteiger partial charge in [0, 0.05) is 37.0 Å². The minimum Gasteiger partial charge on any atom is -0.493 e. The number of nitrogens with one attached hydrogen (secondary N) is 1. The molecule has 2 N–H and O–H groups in total. The van der Waals surface area contributed by atoms with E-state index in [4.69, 9.17) is 9.47 Å². The predicted molar refractivity (Wildman–Crippen MR) is 146 cm³/mol. The Morgan fingerprint density at radius 1 is 1.18 bits per heavy atom. The topological polar surface area (TPSA) is 71.0 Å². The summed E-state index contributed by atoms with van der Waals surface area (Å²) in [5, 5.41) is 14.3. The van der Waals surface area contributed by atoms with Crippen molar-refractivity contribution in [2.75, 3.05) is 20.2 Å². The first kappa shape index (κ1) is 25.0. The molecule has 1 aromatic carbocycles. The number of aliphatic hydroxyl groups is 1. The van der Waals surface area contributed by atoms with Crippen LogP contribution >= 0.6 is 0 Å². The van der Waals surface area contributed by atoms with Crippen LogP contribution in [0.3, 0.4) is 0 Å². The van der Waals surface area contributed by atoms with E-state index in [0.29, 0.717) is 42.3 Å². The van der Waals surface area contributed by atoms with E-state index < -0.39 is 6.10 Å². The van der Waals surface area contributed by atoms with Gasteiger partial charge < -0.3 is 24.8 Å². The smallest absolute Gasteiger partial charge is 0.222 e. The van der Waals surface area contributed by atoms with Crippen LogP contribution < -0.4 is 14.8 Å². The van der Waals surface area contributed by atoms with E-state index in [1.54, 1.807) is 7.11 Å². The molecule has 4 fully saturated rings. The molecule has 6 nitrogen and oxygen atoms in total. The third-order valence-corrected chi connectivity index (χ3v) is 11.0. The molecule has 4 saturated carbocycles. The fourth-order valence-electron chi connectivity index (χ4n) is 10.5. The van der Waals surface area contributed by atoms with Crippen molar-refractivity contribution in [3.8, 4) is 11.5 Å². The normalized spacial score (nSPS) is 41.9. The van der Waals surface area contributed by atoms with Crippen molar-refractivity contribution in [2.24, 2.45) is 16.7 Å². The molecule has 0 radical (unpaired) electrons. The van der Waals surface area contributed by atoms with Gasteiger partial charge in [-0.15, -0.1) is 0 Å². The Morgan fingerprint density at radius 3 is 2.71 bits per heavy atom. The third kappa shape index (κ3) is 3.84. The van der Waals surface area contributed by atoms with Crippen molar-refractivity contribution in [3.05, 3.63) is 35.4 Å². The molecule has 38 heavy (non-hydrogen) atoms. The zero-order valence-corrected chi connectivity index (χ0v) is 23.4. The molecule has 7 atom stereocenters. The number of carbonyl (C=O) groups excluding carboxylic acids is 1. The first-order valence-corrected chi connectivity index (χ1v) is 14.9. The quantitative estimate of drug-likeness (QED) is 0.414. The Labute approximate surface area is 227 Å². The Balaban J connectivity index is 1.03. The van der Waals surface area contributed by atoms with Gasteiger partial charge in [-0.2, -0.15) is 0 Å². The van der Waals surface area contributed by atoms with Crippen LogP contribution in [0.25, 0.3) is 0 Å². The van der Waals surface area contributed by atoms with Crippen LogP contribution in [0.15, 0.2) is 24.3 Å². The highest BCUT2D eigenvalue weighted by molar-refractivity contribution is 5.77. The fourth-order valence-corrected chi connectivity index (χ4v) is 10.5. The lowest BCUT2D eigenvalue weighted by atomic mass is 9.43. The van der Waals surface area contributed by atoms with E-state index in [0.717, 1.165) is 47.9 Å². The third-order valence-electron chi connectivity index (χ3n) is 11.0. The lowest BCUT2D eigenvalue weighted by Gasteiger charge is -2.65. The molecule has 4 bridgehead atoms. The molecule has 0 saturated heterocycles. The second-order valence-electron chi connectivity index (χ2n) is 14.4. The van der Waals surface area contributed by atoms with Gasteiger partial charge in [-0.1, -0.05) is 32.1 Å². The van der Waals surface area contributed by atoms with Crippen LogP contribution in [-0.2, 0) is 16.8 Å². The van der Waals surface area contributed by atoms with Crippen molar-refractivity contribution in [1.82, 2.24) is 10.2 Å². The maximum Gasteiger partial charge on any atom is 0.222 e. The number of hydrogen-bond acceptors (Lipinski definition) is 5. The standard InChI is InChI=1S/C32H44N2O4/c1-29-14-21-15-30(2,18-29)20-31(16-21,19-29)33-11-4-5-26(36)34-12-10-32-9-8-23(35)13-25(32)38-28-24(37-3)7-6-22(17-34)27(28)32/h6-9,21,23,25,33,35H,4-5,10-20H2,1-3H3/t21?,23-,25-,29-,30+,31?,32-/m0/s1. The number of aliphatic hydroxyl groups excluding tert-OH is 1. The van der Waals surface area contributed by atoms with Crippen molar-refractivity contribution in [1.29, 1.82) is 0 Å². The van der Waals surface area contributed by atoms with E-state index in [1.807, 2.05) is 12.1 Å². The molecular weight excluding hydrogens is 476 g/mol. The van der Waals surface area contributed by atoms with Crippen LogP contribution in [-0.4, -0.2) is 53.9 Å². The van der Waals surface area contributed by atoms with Crippen LogP contribution in [0.4, 0.5) is 0 Å². The highest BCUT2D eigenvalue weighted by Gasteiger charge is 2.60. The molecule has 7 aliphatic rings. The summed E-state index contributed by atoms with van der Waals surface area (Å²) in [7, 11) is 1.67. The number of benzene rings is 1. The first-order chi connectivity index (χ1) is 18.1. The minimum atomic E-state index is -0.498. The molecule has 1 aromatic rings. The van der Waals surface area contributed by atoms with Gasteiger partial charge in [0.05, 0.1) is 18.6 Å². The van der Waals surface area contributed by atoms with E-state index >= 15 is 0 Å². The second kappa shape index (κ2) is 8.47. The summed E-state index contributed by atoms with van der Waals surface area (Å²) in [4.78, 5) is 15.6. The maximum absolute atomic E-state index is 13.5. The van der Waals surface area contributed by atoms with Gasteiger partial charge >= 0.3 is 0 Å². The summed E-state index contributed by atoms with van der Waals surface area (Å²) in [5.41, 5.74) is 3.29. The molecule has 2 unspecified atom stereocenters. The number of hydrogen-bond donors (Lipinski definition) is 2. The van der Waals surface area contributed by atoms with Crippen molar-refractivity contribution in [3.63, 3.8) is 0 Å². The number of ether oxygens (including phenoxy) is 2. The minimum absolute atomic E-state index is 0.129. The van der Waals surface area contributed by atoms with Crippen molar-refractivity contribution < 1.29 is 19.4 Å². The molecule has 206 valence electrons. The van der Waals surface area contributed by atoms with E-state index in [1.165, 1.54) is 38.5 Å². The van der Waals surface area contributed by atoms with Gasteiger partial charge in [0.25, 0.3) is 0 Å². The molecule has 0 aromatic heterocycles. The summed E-state index contributed by atoms with van der Waals surface area (Å²) < 4.78 is 12.1. The molecule has 2 heterocycles. The summed E-state index contributed by atoms with van der Waals surface area (Å²) in [5.74, 6) is 2.66. The molecule has 6 heteroatoms. The number of rotatable bonds is 6. The van der Waals surface area contributed by atoms with Gasteiger partial charge in [-0.05, 0) is 86.3 Å². The predicted octanol–water partition coefficient (Wildman–Crippen LogP) is 4.87. The Hall–Kier alpha value is -2.05. The van der Waals surface area contributed by atoms with Gasteiger partial charge in [-0.3, -0.25) is 4.79 Å². The monoisotopic (exact) mass is 520 g/mol. The molecule has 1 spiro atoms. The SMILES string of the molecule is COc1ccc2c3c1O[C@H]1C[C@@H](O)C=C[C@@]31CCN(C(=O)CCCNC13CC4C[C@@](C)(C1)C[C@](C)(C4)C3)C2. The summed E-state index contributed by atoms with van der Waals surface area (Å²) >= 11 is 0. The Bertz CT molecular complexity index is 1160. The molecule has 2 aliphatic heterocycles. The average molecular weight is 521 g/mol. The number of amides is 1. The Morgan fingerprint density at radius 2 is 1.97 bits per heavy atom. The number of nitrogens with zero attached hydrogens (tertiary/aromatic N) is 1. The summed E-state index contributed by atoms with van der Waals surface area (Å²) in [6.07, 6.45) is 14.4. The van der Waals surface area contributed by atoms with E-state index in [9.17, 15) is 9.90 Å². The lowest BCUT2D eigenvalue weighted by molar-refractivity contribution is -0.132. The highest BCUT2D eigenvalue weighted by Crippen LogP contribution is 2.66.